The molecule has 2 aromatic heterocycles. The van der Waals surface area contributed by atoms with Gasteiger partial charge in [0.1, 0.15) is 11.6 Å². The Balaban J connectivity index is 0.00000117. The van der Waals surface area contributed by atoms with E-state index >= 15 is 0 Å². The van der Waals surface area contributed by atoms with E-state index in [2.05, 4.69) is 20.1 Å². The summed E-state index contributed by atoms with van der Waals surface area (Å²) >= 11 is 1.56. The van der Waals surface area contributed by atoms with Crippen LogP contribution in [0.25, 0.3) is 15.9 Å². The Morgan fingerprint density at radius 2 is 1.76 bits per heavy atom. The Bertz CT molecular complexity index is 1250. The highest BCUT2D eigenvalue weighted by Crippen LogP contribution is 2.39. The van der Waals surface area contributed by atoms with Crippen LogP contribution in [-0.2, 0) is 4.79 Å². The minimum Gasteiger partial charge on any atom is -0.347 e. The molecule has 2 saturated heterocycles. The van der Waals surface area contributed by atoms with E-state index in [9.17, 15) is 13.6 Å². The average molecular weight is 485 g/mol. The fraction of sp³-hybridized carbons (Fsp3) is 0.417. The number of likely N-dealkylation sites (tertiary alicyclic amines) is 1. The molecule has 1 aromatic carbocycles. The minimum absolute atomic E-state index is 0.0810. The number of carbonyl (C=O) groups is 1. The maximum absolute atomic E-state index is 14.8. The molecule has 3 aromatic rings. The van der Waals surface area contributed by atoms with E-state index in [1.54, 1.807) is 22.3 Å². The predicted molar refractivity (Wildman–Crippen MR) is 128 cm³/mol. The van der Waals surface area contributed by atoms with E-state index in [0.29, 0.717) is 42.6 Å². The summed E-state index contributed by atoms with van der Waals surface area (Å²) in [6.07, 6.45) is 5.59. The van der Waals surface area contributed by atoms with Gasteiger partial charge in [0.05, 0.1) is 33.9 Å². The van der Waals surface area contributed by atoms with Crippen LogP contribution < -0.4 is 4.90 Å². The number of hydrogen-bond donors (Lipinski definition) is 0. The second kappa shape index (κ2) is 9.25. The zero-order valence-corrected chi connectivity index (χ0v) is 19.9. The molecule has 2 atom stereocenters. The van der Waals surface area contributed by atoms with Crippen LogP contribution in [0.1, 0.15) is 26.7 Å². The third-order valence-electron chi connectivity index (χ3n) is 6.46. The van der Waals surface area contributed by atoms with Gasteiger partial charge in [-0.05, 0) is 18.6 Å². The Morgan fingerprint density at radius 3 is 2.47 bits per heavy atom. The number of aromatic nitrogens is 4. The number of thiazole rings is 1. The predicted octanol–water partition coefficient (Wildman–Crippen LogP) is 4.51. The van der Waals surface area contributed by atoms with Gasteiger partial charge in [-0.15, -0.1) is 0 Å². The SMILES string of the molecule is CC.O=C(C1=C(F)CCC=C1n1nccn1)N1CC2CN(c3nc4cc(F)ccc4s3)CC2C1. The van der Waals surface area contributed by atoms with E-state index < -0.39 is 5.83 Å². The molecular formula is C24H26F2N6OS. The normalized spacial score (nSPS) is 22.1. The van der Waals surface area contributed by atoms with Gasteiger partial charge in [0.15, 0.2) is 5.13 Å². The topological polar surface area (TPSA) is 67.2 Å². The van der Waals surface area contributed by atoms with E-state index in [1.165, 1.54) is 29.3 Å². The number of allylic oxidation sites excluding steroid dienone is 2. The summed E-state index contributed by atoms with van der Waals surface area (Å²) in [6.45, 7) is 6.72. The number of hydrogen-bond acceptors (Lipinski definition) is 6. The molecule has 0 saturated carbocycles. The zero-order valence-electron chi connectivity index (χ0n) is 19.1. The molecule has 4 heterocycles. The number of fused-ring (bicyclic) bond motifs is 2. The lowest BCUT2D eigenvalue weighted by Gasteiger charge is -2.24. The number of amides is 1. The molecule has 178 valence electrons. The molecule has 1 aliphatic carbocycles. The average Bonchev–Trinajstić information content (AvgIpc) is 3.62. The van der Waals surface area contributed by atoms with Crippen molar-refractivity contribution in [1.29, 1.82) is 0 Å². The first kappa shape index (κ1) is 22.6. The second-order valence-corrected chi connectivity index (χ2v) is 9.48. The molecule has 2 aliphatic heterocycles. The first-order valence-electron chi connectivity index (χ1n) is 11.6. The highest BCUT2D eigenvalue weighted by molar-refractivity contribution is 7.22. The number of anilines is 1. The molecule has 3 aliphatic rings. The van der Waals surface area contributed by atoms with Crippen molar-refractivity contribution in [3.8, 4) is 0 Å². The molecule has 0 bridgehead atoms. The van der Waals surface area contributed by atoms with Gasteiger partial charge in [-0.1, -0.05) is 31.3 Å². The molecular weight excluding hydrogens is 458 g/mol. The zero-order chi connectivity index (χ0) is 23.8. The third kappa shape index (κ3) is 4.00. The van der Waals surface area contributed by atoms with Gasteiger partial charge >= 0.3 is 0 Å². The standard InChI is InChI=1S/C22H20F2N6OS.C2H6/c23-15-4-5-19-17(8-15)27-22(32-19)29-11-13-9-28(10-14(13)12-29)21(31)20-16(24)2-1-3-18(20)30-25-6-7-26-30;1-2/h3-8,13-14H,1-2,9-12H2;1-2H3. The first-order chi connectivity index (χ1) is 16.6. The van der Waals surface area contributed by atoms with Crippen LogP contribution in [0.4, 0.5) is 13.9 Å². The van der Waals surface area contributed by atoms with Crippen molar-refractivity contribution in [3.05, 3.63) is 53.9 Å². The lowest BCUT2D eigenvalue weighted by atomic mass is 10.0. The molecule has 1 amide bonds. The first-order valence-corrected chi connectivity index (χ1v) is 12.4. The van der Waals surface area contributed by atoms with E-state index in [1.807, 2.05) is 19.9 Å². The van der Waals surface area contributed by atoms with Crippen molar-refractivity contribution >= 4 is 38.3 Å². The van der Waals surface area contributed by atoms with Crippen molar-refractivity contribution in [3.63, 3.8) is 0 Å². The van der Waals surface area contributed by atoms with E-state index in [4.69, 9.17) is 0 Å². The van der Waals surface area contributed by atoms with Crippen LogP contribution in [-0.4, -0.2) is 57.0 Å². The van der Waals surface area contributed by atoms with E-state index in [-0.39, 0.29) is 23.7 Å². The van der Waals surface area contributed by atoms with Crippen LogP contribution in [0.2, 0.25) is 0 Å². The molecule has 0 radical (unpaired) electrons. The summed E-state index contributed by atoms with van der Waals surface area (Å²) in [5.41, 5.74) is 1.17. The number of halogens is 2. The molecule has 34 heavy (non-hydrogen) atoms. The van der Waals surface area contributed by atoms with Crippen molar-refractivity contribution in [1.82, 2.24) is 24.9 Å². The van der Waals surface area contributed by atoms with Crippen LogP contribution in [0.5, 0.6) is 0 Å². The molecule has 10 heteroatoms. The Morgan fingerprint density at radius 1 is 1.06 bits per heavy atom. The summed E-state index contributed by atoms with van der Waals surface area (Å²) in [5.74, 6) is -0.382. The monoisotopic (exact) mass is 484 g/mol. The maximum Gasteiger partial charge on any atom is 0.258 e. The van der Waals surface area contributed by atoms with Crippen molar-refractivity contribution in [2.75, 3.05) is 31.1 Å². The molecule has 0 spiro atoms. The van der Waals surface area contributed by atoms with Gasteiger partial charge in [0.25, 0.3) is 5.91 Å². The number of benzene rings is 1. The second-order valence-electron chi connectivity index (χ2n) is 8.47. The van der Waals surface area contributed by atoms with Crippen LogP contribution in [0.3, 0.4) is 0 Å². The van der Waals surface area contributed by atoms with Crippen molar-refractivity contribution < 1.29 is 13.6 Å². The van der Waals surface area contributed by atoms with Crippen molar-refractivity contribution in [2.45, 2.75) is 26.7 Å². The third-order valence-corrected chi connectivity index (χ3v) is 7.56. The summed E-state index contributed by atoms with van der Waals surface area (Å²) in [5, 5.41) is 9.06. The summed E-state index contributed by atoms with van der Waals surface area (Å²) in [4.78, 5) is 23.2. The lowest BCUT2D eigenvalue weighted by Crippen LogP contribution is -2.35. The lowest BCUT2D eigenvalue weighted by molar-refractivity contribution is -0.126. The Hall–Kier alpha value is -3.14. The highest BCUT2D eigenvalue weighted by Gasteiger charge is 2.44. The van der Waals surface area contributed by atoms with Gasteiger partial charge < -0.3 is 9.80 Å². The number of nitrogens with zero attached hydrogens (tertiary/aromatic N) is 6. The fourth-order valence-corrected chi connectivity index (χ4v) is 5.91. The number of rotatable bonds is 3. The van der Waals surface area contributed by atoms with E-state index in [0.717, 1.165) is 22.9 Å². The van der Waals surface area contributed by atoms with Gasteiger partial charge in [-0.2, -0.15) is 15.0 Å². The summed E-state index contributed by atoms with van der Waals surface area (Å²) in [7, 11) is 0. The van der Waals surface area contributed by atoms with Crippen LogP contribution in [0, 0.1) is 17.7 Å². The van der Waals surface area contributed by atoms with Crippen molar-refractivity contribution in [2.24, 2.45) is 11.8 Å². The minimum atomic E-state index is -0.398. The summed E-state index contributed by atoms with van der Waals surface area (Å²) < 4.78 is 29.2. The maximum atomic E-state index is 14.8. The van der Waals surface area contributed by atoms with Crippen LogP contribution >= 0.6 is 11.3 Å². The van der Waals surface area contributed by atoms with Gasteiger partial charge in [-0.25, -0.2) is 13.8 Å². The Labute approximate surface area is 200 Å². The highest BCUT2D eigenvalue weighted by atomic mass is 32.1. The molecule has 2 fully saturated rings. The molecule has 0 N–H and O–H groups in total. The number of carbonyl (C=O) groups excluding carboxylic acids is 1. The molecule has 2 unspecified atom stereocenters. The summed E-state index contributed by atoms with van der Waals surface area (Å²) in [6, 6.07) is 4.67. The quantitative estimate of drug-likeness (QED) is 0.547. The molecule has 7 nitrogen and oxygen atoms in total. The van der Waals surface area contributed by atoms with Crippen LogP contribution in [0.15, 0.2) is 48.1 Å². The molecule has 6 rings (SSSR count). The Kier molecular flexibility index (Phi) is 6.16. The smallest absolute Gasteiger partial charge is 0.258 e. The van der Waals surface area contributed by atoms with Gasteiger partial charge in [-0.3, -0.25) is 4.79 Å². The fourth-order valence-electron chi connectivity index (χ4n) is 4.95. The van der Waals surface area contributed by atoms with Gasteiger partial charge in [0, 0.05) is 50.5 Å². The van der Waals surface area contributed by atoms with Gasteiger partial charge in [0.2, 0.25) is 0 Å². The largest absolute Gasteiger partial charge is 0.347 e.